The van der Waals surface area contributed by atoms with E-state index in [2.05, 4.69) is 10.3 Å². The molecule has 4 heteroatoms. The van der Waals surface area contributed by atoms with Gasteiger partial charge in [0.1, 0.15) is 6.04 Å². The first-order valence-electron chi connectivity index (χ1n) is 3.80. The van der Waals surface area contributed by atoms with Crippen LogP contribution in [-0.4, -0.2) is 10.9 Å². The molecule has 4 nitrogen and oxygen atoms in total. The second-order valence-corrected chi connectivity index (χ2v) is 2.54. The molecule has 1 aromatic rings. The average Bonchev–Trinajstić information content (AvgIpc) is 2.15. The zero-order chi connectivity index (χ0) is 9.68. The molecule has 0 fully saturated rings. The Morgan fingerprint density at radius 3 is 2.69 bits per heavy atom. The van der Waals surface area contributed by atoms with Crippen molar-refractivity contribution in [2.45, 2.75) is 13.0 Å². The van der Waals surface area contributed by atoms with Gasteiger partial charge in [-0.3, -0.25) is 9.78 Å². The molecular formula is C9H9N3O. The van der Waals surface area contributed by atoms with Crippen LogP contribution < -0.4 is 5.32 Å². The van der Waals surface area contributed by atoms with Gasteiger partial charge in [-0.15, -0.1) is 0 Å². The quantitative estimate of drug-likeness (QED) is 0.722. The largest absolute Gasteiger partial charge is 0.337 e. The van der Waals surface area contributed by atoms with E-state index in [1.54, 1.807) is 24.5 Å². The number of carbonyl (C=O) groups is 1. The number of rotatable bonds is 2. The molecule has 0 saturated heterocycles. The van der Waals surface area contributed by atoms with Gasteiger partial charge in [0.25, 0.3) is 0 Å². The van der Waals surface area contributed by atoms with Gasteiger partial charge in [-0.25, -0.2) is 0 Å². The number of pyridine rings is 1. The second kappa shape index (κ2) is 4.21. The molecule has 0 aliphatic rings. The number of nitrogens with zero attached hydrogens (tertiary/aromatic N) is 2. The normalized spacial score (nSPS) is 11.4. The maximum atomic E-state index is 10.7. The van der Waals surface area contributed by atoms with Gasteiger partial charge in [0.15, 0.2) is 0 Å². The first-order valence-corrected chi connectivity index (χ1v) is 3.80. The minimum Gasteiger partial charge on any atom is -0.337 e. The molecule has 13 heavy (non-hydrogen) atoms. The van der Waals surface area contributed by atoms with Crippen LogP contribution >= 0.6 is 0 Å². The Hall–Kier alpha value is -1.89. The fourth-order valence-electron chi connectivity index (χ4n) is 0.949. The van der Waals surface area contributed by atoms with Crippen molar-refractivity contribution in [3.05, 3.63) is 30.1 Å². The topological polar surface area (TPSA) is 65.8 Å². The lowest BCUT2D eigenvalue weighted by Crippen LogP contribution is -2.24. The summed E-state index contributed by atoms with van der Waals surface area (Å²) in [5.41, 5.74) is 0.743. The van der Waals surface area contributed by atoms with Crippen LogP contribution in [0, 0.1) is 11.3 Å². The summed E-state index contributed by atoms with van der Waals surface area (Å²) in [4.78, 5) is 14.5. The van der Waals surface area contributed by atoms with Gasteiger partial charge in [-0.2, -0.15) is 5.26 Å². The standard InChI is InChI=1S/C9H9N3O/c1-7(13)12-9(6-10)8-2-4-11-5-3-8/h2-5,9H,1H3,(H,12,13). The van der Waals surface area contributed by atoms with Crippen molar-refractivity contribution in [1.29, 1.82) is 5.26 Å². The van der Waals surface area contributed by atoms with E-state index in [1.165, 1.54) is 6.92 Å². The predicted octanol–water partition coefficient (Wildman–Crippen LogP) is 0.782. The highest BCUT2D eigenvalue weighted by molar-refractivity contribution is 5.73. The highest BCUT2D eigenvalue weighted by atomic mass is 16.1. The third-order valence-corrected chi connectivity index (χ3v) is 1.52. The number of hydrogen-bond donors (Lipinski definition) is 1. The van der Waals surface area contributed by atoms with E-state index in [-0.39, 0.29) is 5.91 Å². The Bertz CT molecular complexity index is 328. The molecule has 1 N–H and O–H groups in total. The van der Waals surface area contributed by atoms with Crippen LogP contribution in [0.3, 0.4) is 0 Å². The summed E-state index contributed by atoms with van der Waals surface area (Å²) in [6.07, 6.45) is 3.17. The molecule has 66 valence electrons. The Balaban J connectivity index is 2.80. The lowest BCUT2D eigenvalue weighted by molar-refractivity contribution is -0.119. The highest BCUT2D eigenvalue weighted by Gasteiger charge is 2.09. The smallest absolute Gasteiger partial charge is 0.218 e. The van der Waals surface area contributed by atoms with Crippen LogP contribution in [0.4, 0.5) is 0 Å². The van der Waals surface area contributed by atoms with Gasteiger partial charge >= 0.3 is 0 Å². The van der Waals surface area contributed by atoms with Crippen molar-refractivity contribution < 1.29 is 4.79 Å². The van der Waals surface area contributed by atoms with Crippen molar-refractivity contribution in [2.24, 2.45) is 0 Å². The third-order valence-electron chi connectivity index (χ3n) is 1.52. The summed E-state index contributed by atoms with van der Waals surface area (Å²) in [7, 11) is 0. The van der Waals surface area contributed by atoms with E-state index >= 15 is 0 Å². The van der Waals surface area contributed by atoms with E-state index in [4.69, 9.17) is 5.26 Å². The number of amides is 1. The molecule has 1 atom stereocenters. The summed E-state index contributed by atoms with van der Waals surface area (Å²) >= 11 is 0. The number of aromatic nitrogens is 1. The van der Waals surface area contributed by atoms with Crippen molar-refractivity contribution in [3.63, 3.8) is 0 Å². The molecule has 0 bridgehead atoms. The van der Waals surface area contributed by atoms with E-state index in [0.717, 1.165) is 5.56 Å². The minimum atomic E-state index is -0.583. The molecular weight excluding hydrogens is 166 g/mol. The number of carbonyl (C=O) groups excluding carboxylic acids is 1. The Kier molecular flexibility index (Phi) is 2.98. The van der Waals surface area contributed by atoms with Gasteiger partial charge in [0, 0.05) is 19.3 Å². The molecule has 0 spiro atoms. The summed E-state index contributed by atoms with van der Waals surface area (Å²) in [5, 5.41) is 11.3. The van der Waals surface area contributed by atoms with Gasteiger partial charge in [0.2, 0.25) is 5.91 Å². The van der Waals surface area contributed by atoms with Crippen molar-refractivity contribution in [2.75, 3.05) is 0 Å². The summed E-state index contributed by atoms with van der Waals surface area (Å²) in [6, 6.07) is 4.80. The summed E-state index contributed by atoms with van der Waals surface area (Å²) in [6.45, 7) is 1.38. The number of nitrogens with one attached hydrogen (secondary N) is 1. The summed E-state index contributed by atoms with van der Waals surface area (Å²) < 4.78 is 0. The van der Waals surface area contributed by atoms with E-state index in [9.17, 15) is 4.79 Å². The molecule has 1 heterocycles. The molecule has 0 radical (unpaired) electrons. The van der Waals surface area contributed by atoms with Gasteiger partial charge in [0.05, 0.1) is 6.07 Å². The lowest BCUT2D eigenvalue weighted by Gasteiger charge is -2.08. The first kappa shape index (κ1) is 9.20. The van der Waals surface area contributed by atoms with E-state index in [0.29, 0.717) is 0 Å². The molecule has 0 aromatic carbocycles. The van der Waals surface area contributed by atoms with Gasteiger partial charge in [-0.05, 0) is 17.7 Å². The Morgan fingerprint density at radius 1 is 1.62 bits per heavy atom. The predicted molar refractivity (Wildman–Crippen MR) is 46.4 cm³/mol. The van der Waals surface area contributed by atoms with Crippen molar-refractivity contribution >= 4 is 5.91 Å². The highest BCUT2D eigenvalue weighted by Crippen LogP contribution is 2.09. The third kappa shape index (κ3) is 2.56. The fourth-order valence-corrected chi connectivity index (χ4v) is 0.949. The zero-order valence-corrected chi connectivity index (χ0v) is 7.19. The van der Waals surface area contributed by atoms with Gasteiger partial charge < -0.3 is 5.32 Å². The Morgan fingerprint density at radius 2 is 2.23 bits per heavy atom. The molecule has 0 aliphatic carbocycles. The van der Waals surface area contributed by atoms with Crippen molar-refractivity contribution in [1.82, 2.24) is 10.3 Å². The zero-order valence-electron chi connectivity index (χ0n) is 7.19. The van der Waals surface area contributed by atoms with Crippen LogP contribution in [0.1, 0.15) is 18.5 Å². The molecule has 1 amide bonds. The Labute approximate surface area is 76.2 Å². The van der Waals surface area contributed by atoms with Crippen molar-refractivity contribution in [3.8, 4) is 6.07 Å². The summed E-state index contributed by atoms with van der Waals surface area (Å²) in [5.74, 6) is -0.219. The molecule has 1 unspecified atom stereocenters. The number of hydrogen-bond acceptors (Lipinski definition) is 3. The second-order valence-electron chi connectivity index (χ2n) is 2.54. The minimum absolute atomic E-state index is 0.219. The molecule has 1 rings (SSSR count). The lowest BCUT2D eigenvalue weighted by atomic mass is 10.1. The van der Waals surface area contributed by atoms with E-state index < -0.39 is 6.04 Å². The van der Waals surface area contributed by atoms with E-state index in [1.807, 2.05) is 6.07 Å². The number of nitriles is 1. The van der Waals surface area contributed by atoms with Crippen LogP contribution in [-0.2, 0) is 4.79 Å². The molecule has 0 saturated carbocycles. The maximum absolute atomic E-state index is 10.7. The van der Waals surface area contributed by atoms with Crippen LogP contribution in [0.5, 0.6) is 0 Å². The SMILES string of the molecule is CC(=O)NC(C#N)c1ccncc1. The maximum Gasteiger partial charge on any atom is 0.218 e. The monoisotopic (exact) mass is 175 g/mol. The molecule has 1 aromatic heterocycles. The fraction of sp³-hybridized carbons (Fsp3) is 0.222. The average molecular weight is 175 g/mol. The van der Waals surface area contributed by atoms with Crippen LogP contribution in [0.25, 0.3) is 0 Å². The van der Waals surface area contributed by atoms with Crippen LogP contribution in [0.2, 0.25) is 0 Å². The first-order chi connectivity index (χ1) is 6.24. The van der Waals surface area contributed by atoms with Gasteiger partial charge in [-0.1, -0.05) is 0 Å². The van der Waals surface area contributed by atoms with Crippen LogP contribution in [0.15, 0.2) is 24.5 Å². The molecule has 0 aliphatic heterocycles.